The Bertz CT molecular complexity index is 589. The second kappa shape index (κ2) is 11.8. The minimum absolute atomic E-state index is 0.188. The van der Waals surface area contributed by atoms with Gasteiger partial charge in [0.2, 0.25) is 0 Å². The van der Waals surface area contributed by atoms with Gasteiger partial charge in [0.25, 0.3) is 0 Å². The Morgan fingerprint density at radius 3 is 2.03 bits per heavy atom. The van der Waals surface area contributed by atoms with E-state index in [1.54, 1.807) is 0 Å². The molecule has 2 saturated carbocycles. The lowest BCUT2D eigenvalue weighted by molar-refractivity contribution is 0.0505. The molecule has 0 spiro atoms. The van der Waals surface area contributed by atoms with E-state index in [2.05, 4.69) is 19.1 Å². The van der Waals surface area contributed by atoms with E-state index in [0.717, 1.165) is 24.2 Å². The van der Waals surface area contributed by atoms with Crippen LogP contribution in [0.1, 0.15) is 119 Å². The molecular formula is C27H42O2. The highest BCUT2D eigenvalue weighted by Gasteiger charge is 2.31. The Morgan fingerprint density at radius 2 is 1.45 bits per heavy atom. The van der Waals surface area contributed by atoms with Crippen LogP contribution < -0.4 is 0 Å². The van der Waals surface area contributed by atoms with Gasteiger partial charge < -0.3 is 4.74 Å². The van der Waals surface area contributed by atoms with Crippen LogP contribution in [0, 0.1) is 17.8 Å². The average molecular weight is 399 g/mol. The van der Waals surface area contributed by atoms with E-state index in [1.165, 1.54) is 82.6 Å². The van der Waals surface area contributed by atoms with Gasteiger partial charge in [0.05, 0.1) is 12.2 Å². The lowest BCUT2D eigenvalue weighted by Gasteiger charge is -2.38. The topological polar surface area (TPSA) is 26.3 Å². The third-order valence-electron chi connectivity index (χ3n) is 7.60. The van der Waals surface area contributed by atoms with Gasteiger partial charge in [-0.25, -0.2) is 4.79 Å². The van der Waals surface area contributed by atoms with Gasteiger partial charge in [-0.05, 0) is 86.3 Å². The molecule has 3 rings (SSSR count). The minimum atomic E-state index is -0.188. The summed E-state index contributed by atoms with van der Waals surface area (Å²) in [5.41, 5.74) is 2.10. The van der Waals surface area contributed by atoms with Crippen molar-refractivity contribution in [3.8, 4) is 0 Å². The van der Waals surface area contributed by atoms with E-state index < -0.39 is 0 Å². The van der Waals surface area contributed by atoms with Crippen LogP contribution in [0.5, 0.6) is 0 Å². The molecular weight excluding hydrogens is 356 g/mol. The van der Waals surface area contributed by atoms with Gasteiger partial charge in [-0.1, -0.05) is 64.5 Å². The van der Waals surface area contributed by atoms with Crippen molar-refractivity contribution in [2.24, 2.45) is 17.8 Å². The maximum atomic E-state index is 12.0. The van der Waals surface area contributed by atoms with Crippen LogP contribution in [-0.2, 0) is 4.74 Å². The quantitative estimate of drug-likeness (QED) is 0.312. The zero-order chi connectivity index (χ0) is 20.5. The fourth-order valence-corrected chi connectivity index (χ4v) is 5.72. The predicted molar refractivity (Wildman–Crippen MR) is 121 cm³/mol. The van der Waals surface area contributed by atoms with Crippen LogP contribution in [0.25, 0.3) is 0 Å². The highest BCUT2D eigenvalue weighted by atomic mass is 16.5. The van der Waals surface area contributed by atoms with Crippen LogP contribution in [0.15, 0.2) is 24.3 Å². The van der Waals surface area contributed by atoms with Crippen molar-refractivity contribution >= 4 is 5.97 Å². The molecule has 0 N–H and O–H groups in total. The molecule has 2 heteroatoms. The normalized spacial score (nSPS) is 27.5. The second-order valence-electron chi connectivity index (χ2n) is 9.65. The molecule has 162 valence electrons. The zero-order valence-corrected chi connectivity index (χ0v) is 18.8. The molecule has 0 saturated heterocycles. The first-order valence-electron chi connectivity index (χ1n) is 12.5. The summed E-state index contributed by atoms with van der Waals surface area (Å²) < 4.78 is 5.24. The van der Waals surface area contributed by atoms with Crippen LogP contribution in [-0.4, -0.2) is 12.6 Å². The molecule has 0 bridgehead atoms. The Hall–Kier alpha value is -1.31. The molecule has 0 unspecified atom stereocenters. The van der Waals surface area contributed by atoms with Crippen molar-refractivity contribution in [3.63, 3.8) is 0 Å². The van der Waals surface area contributed by atoms with Gasteiger partial charge in [0, 0.05) is 0 Å². The SMILES string of the molecule is CCCCC[C@H]1CC[C@H]([C@H]2CC[C@H](c3ccc(C(=O)OCCC)cc3)CC2)CC1. The van der Waals surface area contributed by atoms with Crippen molar-refractivity contribution < 1.29 is 9.53 Å². The van der Waals surface area contributed by atoms with E-state index in [1.807, 2.05) is 19.1 Å². The van der Waals surface area contributed by atoms with Crippen LogP contribution in [0.2, 0.25) is 0 Å². The summed E-state index contributed by atoms with van der Waals surface area (Å²) in [6.45, 7) is 4.83. The maximum Gasteiger partial charge on any atom is 0.338 e. The molecule has 0 aromatic heterocycles. The van der Waals surface area contributed by atoms with Gasteiger partial charge in [0.15, 0.2) is 0 Å². The van der Waals surface area contributed by atoms with Gasteiger partial charge in [0.1, 0.15) is 0 Å². The smallest absolute Gasteiger partial charge is 0.338 e. The van der Waals surface area contributed by atoms with E-state index in [0.29, 0.717) is 18.1 Å². The minimum Gasteiger partial charge on any atom is -0.462 e. The molecule has 0 radical (unpaired) electrons. The maximum absolute atomic E-state index is 12.0. The van der Waals surface area contributed by atoms with Crippen LogP contribution in [0.3, 0.4) is 0 Å². The summed E-state index contributed by atoms with van der Waals surface area (Å²) in [6.07, 6.45) is 18.0. The molecule has 1 aromatic carbocycles. The monoisotopic (exact) mass is 398 g/mol. The number of esters is 1. The molecule has 0 aliphatic heterocycles. The van der Waals surface area contributed by atoms with Gasteiger partial charge in [-0.15, -0.1) is 0 Å². The lowest BCUT2D eigenvalue weighted by Crippen LogP contribution is -2.25. The first kappa shape index (κ1) is 22.4. The Labute approximate surface area is 178 Å². The van der Waals surface area contributed by atoms with Gasteiger partial charge in [-0.3, -0.25) is 0 Å². The number of hydrogen-bond donors (Lipinski definition) is 0. The number of hydrogen-bond acceptors (Lipinski definition) is 2. The molecule has 0 amide bonds. The molecule has 2 aliphatic carbocycles. The molecule has 0 atom stereocenters. The Balaban J connectivity index is 1.41. The van der Waals surface area contributed by atoms with Crippen molar-refractivity contribution in [2.75, 3.05) is 6.61 Å². The summed E-state index contributed by atoms with van der Waals surface area (Å²) >= 11 is 0. The average Bonchev–Trinajstić information content (AvgIpc) is 2.78. The van der Waals surface area contributed by atoms with Crippen LogP contribution in [0.4, 0.5) is 0 Å². The van der Waals surface area contributed by atoms with E-state index in [9.17, 15) is 4.79 Å². The van der Waals surface area contributed by atoms with E-state index >= 15 is 0 Å². The molecule has 2 fully saturated rings. The Morgan fingerprint density at radius 1 is 0.828 bits per heavy atom. The first-order valence-corrected chi connectivity index (χ1v) is 12.5. The number of carbonyl (C=O) groups is 1. The zero-order valence-electron chi connectivity index (χ0n) is 18.8. The largest absolute Gasteiger partial charge is 0.462 e. The van der Waals surface area contributed by atoms with Crippen molar-refractivity contribution in [1.82, 2.24) is 0 Å². The fourth-order valence-electron chi connectivity index (χ4n) is 5.72. The van der Waals surface area contributed by atoms with Crippen molar-refractivity contribution in [3.05, 3.63) is 35.4 Å². The molecule has 2 nitrogen and oxygen atoms in total. The predicted octanol–water partition coefficient (Wildman–Crippen LogP) is 7.91. The number of rotatable bonds is 9. The molecule has 29 heavy (non-hydrogen) atoms. The van der Waals surface area contributed by atoms with E-state index in [4.69, 9.17) is 4.74 Å². The number of carbonyl (C=O) groups excluding carboxylic acids is 1. The summed E-state index contributed by atoms with van der Waals surface area (Å²) in [4.78, 5) is 12.0. The Kier molecular flexibility index (Phi) is 9.08. The number of ether oxygens (including phenoxy) is 1. The van der Waals surface area contributed by atoms with E-state index in [-0.39, 0.29) is 5.97 Å². The standard InChI is InChI=1S/C27H42O2/c1-3-5-6-7-21-8-10-22(11-9-21)23-12-14-24(15-13-23)25-16-18-26(19-17-25)27(28)29-20-4-2/h16-19,21-24H,3-15,20H2,1-2H3/t21-,22-,23-,24-. The second-order valence-corrected chi connectivity index (χ2v) is 9.65. The number of benzene rings is 1. The van der Waals surface area contributed by atoms with Crippen LogP contribution >= 0.6 is 0 Å². The number of unbranched alkanes of at least 4 members (excludes halogenated alkanes) is 2. The first-order chi connectivity index (χ1) is 14.2. The molecule has 1 aromatic rings. The molecule has 0 heterocycles. The van der Waals surface area contributed by atoms with Crippen molar-refractivity contribution in [2.45, 2.75) is 103 Å². The highest BCUT2D eigenvalue weighted by Crippen LogP contribution is 2.44. The molecule has 2 aliphatic rings. The fraction of sp³-hybridized carbons (Fsp3) is 0.741. The third kappa shape index (κ3) is 6.59. The van der Waals surface area contributed by atoms with Gasteiger partial charge in [-0.2, -0.15) is 0 Å². The summed E-state index contributed by atoms with van der Waals surface area (Å²) in [5, 5.41) is 0. The lowest BCUT2D eigenvalue weighted by atomic mass is 9.68. The summed E-state index contributed by atoms with van der Waals surface area (Å²) in [7, 11) is 0. The summed E-state index contributed by atoms with van der Waals surface area (Å²) in [6, 6.07) is 8.24. The van der Waals surface area contributed by atoms with Gasteiger partial charge >= 0.3 is 5.97 Å². The summed E-state index contributed by atoms with van der Waals surface area (Å²) in [5.74, 6) is 3.47. The highest BCUT2D eigenvalue weighted by molar-refractivity contribution is 5.89. The third-order valence-corrected chi connectivity index (χ3v) is 7.60. The van der Waals surface area contributed by atoms with Crippen molar-refractivity contribution in [1.29, 1.82) is 0 Å².